The zero-order chi connectivity index (χ0) is 11.0. The van der Waals surface area contributed by atoms with E-state index in [1.165, 1.54) is 0 Å². The summed E-state index contributed by atoms with van der Waals surface area (Å²) in [5, 5.41) is 36.8. The number of rotatable bonds is 8. The van der Waals surface area contributed by atoms with Crippen molar-refractivity contribution < 1.29 is 20.4 Å². The second-order valence-electron chi connectivity index (χ2n) is 3.63. The van der Waals surface area contributed by atoms with Gasteiger partial charge in [0.05, 0.1) is 12.2 Å². The molecule has 0 aromatic heterocycles. The van der Waals surface area contributed by atoms with Gasteiger partial charge in [-0.1, -0.05) is 13.3 Å². The molecule has 0 aliphatic heterocycles. The van der Waals surface area contributed by atoms with Crippen LogP contribution in [0.3, 0.4) is 0 Å². The van der Waals surface area contributed by atoms with Crippen molar-refractivity contribution in [1.29, 1.82) is 0 Å². The zero-order valence-electron chi connectivity index (χ0n) is 8.76. The first kappa shape index (κ1) is 13.8. The van der Waals surface area contributed by atoms with Crippen LogP contribution in [0.5, 0.6) is 0 Å². The SMILES string of the molecule is CCC[C@@H](O)[C@@H](O)[C@@H](O)CCCCO. The zero-order valence-corrected chi connectivity index (χ0v) is 8.76. The van der Waals surface area contributed by atoms with Crippen LogP contribution in [0.2, 0.25) is 0 Å². The summed E-state index contributed by atoms with van der Waals surface area (Å²) in [6.07, 6.45) is 0.185. The van der Waals surface area contributed by atoms with Gasteiger partial charge in [-0.25, -0.2) is 0 Å². The Bertz CT molecular complexity index is 129. The molecule has 0 aliphatic rings. The molecule has 0 aliphatic carbocycles. The standard InChI is InChI=1S/C10H22O4/c1-2-5-8(12)10(14)9(13)6-3-4-7-11/h8-14H,2-7H2,1H3/t8-,9+,10-/m1/s1. The highest BCUT2D eigenvalue weighted by molar-refractivity contribution is 4.74. The van der Waals surface area contributed by atoms with Gasteiger partial charge < -0.3 is 20.4 Å². The largest absolute Gasteiger partial charge is 0.396 e. The molecule has 4 N–H and O–H groups in total. The second-order valence-corrected chi connectivity index (χ2v) is 3.63. The maximum absolute atomic E-state index is 9.45. The summed E-state index contributed by atoms with van der Waals surface area (Å²) in [6.45, 7) is 2.01. The number of aliphatic hydroxyl groups excluding tert-OH is 4. The Balaban J connectivity index is 3.68. The first-order valence-corrected chi connectivity index (χ1v) is 5.28. The lowest BCUT2D eigenvalue weighted by atomic mass is 10.00. The maximum atomic E-state index is 9.45. The topological polar surface area (TPSA) is 80.9 Å². The van der Waals surface area contributed by atoms with E-state index in [1.54, 1.807) is 0 Å². The Morgan fingerprint density at radius 3 is 2.00 bits per heavy atom. The minimum Gasteiger partial charge on any atom is -0.396 e. The number of aliphatic hydroxyl groups is 4. The average molecular weight is 206 g/mol. The van der Waals surface area contributed by atoms with Crippen LogP contribution >= 0.6 is 0 Å². The van der Waals surface area contributed by atoms with Crippen molar-refractivity contribution in [2.75, 3.05) is 6.61 Å². The molecule has 0 amide bonds. The van der Waals surface area contributed by atoms with Gasteiger partial charge in [-0.15, -0.1) is 0 Å². The second kappa shape index (κ2) is 8.17. The summed E-state index contributed by atoms with van der Waals surface area (Å²) < 4.78 is 0. The third kappa shape index (κ3) is 5.54. The molecular formula is C10H22O4. The summed E-state index contributed by atoms with van der Waals surface area (Å²) in [7, 11) is 0. The Hall–Kier alpha value is -0.160. The molecule has 0 unspecified atom stereocenters. The van der Waals surface area contributed by atoms with Crippen LogP contribution in [0.25, 0.3) is 0 Å². The molecule has 3 atom stereocenters. The van der Waals surface area contributed by atoms with E-state index in [0.717, 1.165) is 6.42 Å². The van der Waals surface area contributed by atoms with Gasteiger partial charge in [0.1, 0.15) is 6.10 Å². The Labute approximate surface area is 85.2 Å². The molecule has 0 spiro atoms. The lowest BCUT2D eigenvalue weighted by Gasteiger charge is -2.22. The molecule has 4 heteroatoms. The van der Waals surface area contributed by atoms with Gasteiger partial charge in [0.15, 0.2) is 0 Å². The summed E-state index contributed by atoms with van der Waals surface area (Å²) in [5.74, 6) is 0. The van der Waals surface area contributed by atoms with Crippen molar-refractivity contribution in [2.24, 2.45) is 0 Å². The number of hydrogen-bond acceptors (Lipinski definition) is 4. The maximum Gasteiger partial charge on any atom is 0.106 e. The van der Waals surface area contributed by atoms with Gasteiger partial charge in [0.25, 0.3) is 0 Å². The highest BCUT2D eigenvalue weighted by Gasteiger charge is 2.23. The molecule has 0 rings (SSSR count). The van der Waals surface area contributed by atoms with E-state index in [9.17, 15) is 15.3 Å². The van der Waals surface area contributed by atoms with Crippen LogP contribution in [0.15, 0.2) is 0 Å². The van der Waals surface area contributed by atoms with Crippen molar-refractivity contribution in [3.05, 3.63) is 0 Å². The van der Waals surface area contributed by atoms with Gasteiger partial charge in [-0.3, -0.25) is 0 Å². The molecule has 0 radical (unpaired) electrons. The van der Waals surface area contributed by atoms with Gasteiger partial charge >= 0.3 is 0 Å². The Kier molecular flexibility index (Phi) is 8.08. The fraction of sp³-hybridized carbons (Fsp3) is 1.00. The van der Waals surface area contributed by atoms with Gasteiger partial charge in [-0.05, 0) is 25.7 Å². The monoisotopic (exact) mass is 206 g/mol. The van der Waals surface area contributed by atoms with E-state index < -0.39 is 18.3 Å². The van der Waals surface area contributed by atoms with E-state index >= 15 is 0 Å². The number of unbranched alkanes of at least 4 members (excludes halogenated alkanes) is 1. The predicted octanol–water partition coefficient (Wildman–Crippen LogP) is 0.0318. The summed E-state index contributed by atoms with van der Waals surface area (Å²) >= 11 is 0. The van der Waals surface area contributed by atoms with E-state index in [4.69, 9.17) is 5.11 Å². The van der Waals surface area contributed by atoms with Crippen LogP contribution in [-0.2, 0) is 0 Å². The summed E-state index contributed by atoms with van der Waals surface area (Å²) in [4.78, 5) is 0. The van der Waals surface area contributed by atoms with Gasteiger partial charge in [0, 0.05) is 6.61 Å². The van der Waals surface area contributed by atoms with Gasteiger partial charge in [0.2, 0.25) is 0 Å². The van der Waals surface area contributed by atoms with Crippen LogP contribution in [0.4, 0.5) is 0 Å². The quantitative estimate of drug-likeness (QED) is 0.422. The number of hydrogen-bond donors (Lipinski definition) is 4. The fourth-order valence-electron chi connectivity index (χ4n) is 1.36. The van der Waals surface area contributed by atoms with Crippen LogP contribution in [0.1, 0.15) is 39.0 Å². The third-order valence-corrected chi connectivity index (χ3v) is 2.28. The normalized spacial score (nSPS) is 17.8. The minimum absolute atomic E-state index is 0.0975. The van der Waals surface area contributed by atoms with Crippen LogP contribution in [-0.4, -0.2) is 45.3 Å². The smallest absolute Gasteiger partial charge is 0.106 e. The van der Waals surface area contributed by atoms with Crippen molar-refractivity contribution in [3.8, 4) is 0 Å². The van der Waals surface area contributed by atoms with E-state index in [-0.39, 0.29) is 6.61 Å². The van der Waals surface area contributed by atoms with Crippen LogP contribution in [0, 0.1) is 0 Å². The first-order valence-electron chi connectivity index (χ1n) is 5.28. The van der Waals surface area contributed by atoms with Crippen molar-refractivity contribution >= 4 is 0 Å². The van der Waals surface area contributed by atoms with E-state index in [1.807, 2.05) is 6.92 Å². The lowest BCUT2D eigenvalue weighted by molar-refractivity contribution is -0.0649. The van der Waals surface area contributed by atoms with Crippen molar-refractivity contribution in [3.63, 3.8) is 0 Å². The first-order chi connectivity index (χ1) is 6.63. The molecule has 4 nitrogen and oxygen atoms in total. The molecule has 0 aromatic carbocycles. The molecule has 0 saturated heterocycles. The third-order valence-electron chi connectivity index (χ3n) is 2.28. The van der Waals surface area contributed by atoms with Crippen LogP contribution < -0.4 is 0 Å². The molecule has 0 aromatic rings. The van der Waals surface area contributed by atoms with Crippen molar-refractivity contribution in [2.45, 2.75) is 57.3 Å². The van der Waals surface area contributed by atoms with E-state index in [0.29, 0.717) is 25.7 Å². The molecule has 0 bridgehead atoms. The Morgan fingerprint density at radius 2 is 1.50 bits per heavy atom. The Morgan fingerprint density at radius 1 is 0.929 bits per heavy atom. The molecule has 86 valence electrons. The average Bonchev–Trinajstić information content (AvgIpc) is 2.17. The van der Waals surface area contributed by atoms with Crippen molar-refractivity contribution in [1.82, 2.24) is 0 Å². The molecule has 14 heavy (non-hydrogen) atoms. The van der Waals surface area contributed by atoms with E-state index in [2.05, 4.69) is 0 Å². The molecule has 0 saturated carbocycles. The summed E-state index contributed by atoms with van der Waals surface area (Å²) in [6, 6.07) is 0. The molecular weight excluding hydrogens is 184 g/mol. The minimum atomic E-state index is -1.06. The fourth-order valence-corrected chi connectivity index (χ4v) is 1.36. The van der Waals surface area contributed by atoms with Gasteiger partial charge in [-0.2, -0.15) is 0 Å². The predicted molar refractivity (Wildman–Crippen MR) is 53.9 cm³/mol. The summed E-state index contributed by atoms with van der Waals surface area (Å²) in [5.41, 5.74) is 0. The lowest BCUT2D eigenvalue weighted by Crippen LogP contribution is -2.37. The highest BCUT2D eigenvalue weighted by Crippen LogP contribution is 2.11. The highest BCUT2D eigenvalue weighted by atomic mass is 16.4. The molecule has 0 heterocycles. The molecule has 0 fully saturated rings.